The monoisotopic (exact) mass is 620 g/mol. The molecule has 0 aromatic heterocycles. The zero-order valence-corrected chi connectivity index (χ0v) is 27.2. The van der Waals surface area contributed by atoms with Gasteiger partial charge in [0.05, 0.1) is 33.5 Å². The molecular formula is C37H40N2O5Si. The highest BCUT2D eigenvalue weighted by Crippen LogP contribution is 2.60. The van der Waals surface area contributed by atoms with Crippen LogP contribution in [0.5, 0.6) is 5.75 Å². The van der Waals surface area contributed by atoms with Crippen molar-refractivity contribution in [2.24, 2.45) is 5.92 Å². The number of para-hydroxylation sites is 1. The van der Waals surface area contributed by atoms with Gasteiger partial charge in [-0.15, -0.1) is 0 Å². The first-order valence-electron chi connectivity index (χ1n) is 15.5. The molecule has 0 unspecified atom stereocenters. The van der Waals surface area contributed by atoms with Crippen LogP contribution in [-0.2, 0) is 26.5 Å². The topological polar surface area (TPSA) is 79.3 Å². The first-order valence-corrected chi connectivity index (χ1v) is 18.6. The Morgan fingerprint density at radius 1 is 0.956 bits per heavy atom. The van der Waals surface area contributed by atoms with Crippen LogP contribution in [0.4, 0.5) is 17.1 Å². The van der Waals surface area contributed by atoms with Crippen LogP contribution in [0.25, 0.3) is 0 Å². The quantitative estimate of drug-likeness (QED) is 0.170. The minimum atomic E-state index is -2.31. The van der Waals surface area contributed by atoms with Crippen LogP contribution >= 0.6 is 0 Å². The third-order valence-electron chi connectivity index (χ3n) is 9.83. The molecule has 232 valence electrons. The molecule has 4 atom stereocenters. The van der Waals surface area contributed by atoms with Crippen molar-refractivity contribution >= 4 is 42.6 Å². The van der Waals surface area contributed by atoms with Crippen LogP contribution in [-0.4, -0.2) is 45.3 Å². The summed E-state index contributed by atoms with van der Waals surface area (Å²) in [5, 5.41) is 11.5. The Morgan fingerprint density at radius 2 is 1.62 bits per heavy atom. The number of hydrogen-bond acceptors (Lipinski definition) is 5. The number of nitrogens with zero attached hydrogens (tertiary/aromatic N) is 2. The number of carbonyl (C=O) groups excluding carboxylic acids is 2. The molecule has 1 N–H and O–H groups in total. The minimum Gasteiger partial charge on any atom is -0.497 e. The summed E-state index contributed by atoms with van der Waals surface area (Å²) in [5.74, 6) is 0.486. The Balaban J connectivity index is 1.50. The van der Waals surface area contributed by atoms with Gasteiger partial charge in [-0.25, -0.2) is 0 Å². The molecule has 2 aliphatic rings. The van der Waals surface area contributed by atoms with Gasteiger partial charge >= 0.3 is 0 Å². The van der Waals surface area contributed by atoms with Gasteiger partial charge in [0.25, 0.3) is 5.91 Å². The molecule has 45 heavy (non-hydrogen) atoms. The van der Waals surface area contributed by atoms with Crippen molar-refractivity contribution in [3.8, 4) is 5.75 Å². The lowest BCUT2D eigenvalue weighted by Gasteiger charge is -2.37. The van der Waals surface area contributed by atoms with E-state index in [1.807, 2.05) is 95.9 Å². The van der Waals surface area contributed by atoms with Crippen molar-refractivity contribution in [1.29, 1.82) is 0 Å². The Hall–Kier alpha value is -4.24. The molecule has 6 rings (SSSR count). The number of fused-ring (bicyclic) bond motifs is 2. The van der Waals surface area contributed by atoms with Crippen LogP contribution in [0.3, 0.4) is 0 Å². The molecule has 1 spiro atoms. The summed E-state index contributed by atoms with van der Waals surface area (Å²) in [6.45, 7) is 7.14. The molecule has 0 bridgehead atoms. The number of benzene rings is 4. The van der Waals surface area contributed by atoms with Gasteiger partial charge in [0.1, 0.15) is 5.75 Å². The van der Waals surface area contributed by atoms with Crippen LogP contribution in [0, 0.1) is 5.92 Å². The second-order valence-corrected chi connectivity index (χ2v) is 17.2. The Morgan fingerprint density at radius 3 is 2.24 bits per heavy atom. The summed E-state index contributed by atoms with van der Waals surface area (Å²) in [7, 11) is -0.650. The summed E-state index contributed by atoms with van der Waals surface area (Å²) in [4.78, 5) is 30.8. The normalized spacial score (nSPS) is 22.5. The van der Waals surface area contributed by atoms with E-state index in [0.29, 0.717) is 18.7 Å². The summed E-state index contributed by atoms with van der Waals surface area (Å²) in [6.07, 6.45) is 0.898. The second-order valence-electron chi connectivity index (χ2n) is 12.6. The van der Waals surface area contributed by atoms with Crippen LogP contribution in [0.15, 0.2) is 103 Å². The summed E-state index contributed by atoms with van der Waals surface area (Å²) in [6, 6.07) is 33.4. The number of aliphatic hydroxyl groups excluding tert-OH is 1. The number of methoxy groups -OCH3 is 1. The molecule has 2 aliphatic heterocycles. The molecule has 8 heteroatoms. The van der Waals surface area contributed by atoms with E-state index in [-0.39, 0.29) is 30.1 Å². The Labute approximate surface area is 266 Å². The Bertz CT molecular complexity index is 1660. The van der Waals surface area contributed by atoms with Gasteiger partial charge in [-0.2, -0.15) is 0 Å². The summed E-state index contributed by atoms with van der Waals surface area (Å²) in [5.41, 5.74) is 2.70. The van der Waals surface area contributed by atoms with Crippen molar-refractivity contribution in [3.63, 3.8) is 0 Å². The number of aliphatic hydroxyl groups is 1. The predicted octanol–water partition coefficient (Wildman–Crippen LogP) is 6.13. The molecular weight excluding hydrogens is 581 g/mol. The highest BCUT2D eigenvalue weighted by Gasteiger charge is 2.66. The van der Waals surface area contributed by atoms with Crippen LogP contribution < -0.4 is 19.7 Å². The number of carbonyl (C=O) groups is 2. The van der Waals surface area contributed by atoms with Crippen molar-refractivity contribution in [3.05, 3.63) is 114 Å². The van der Waals surface area contributed by atoms with Gasteiger partial charge in [0, 0.05) is 29.5 Å². The van der Waals surface area contributed by atoms with Gasteiger partial charge in [-0.3, -0.25) is 14.5 Å². The summed E-state index contributed by atoms with van der Waals surface area (Å²) >= 11 is 0. The largest absolute Gasteiger partial charge is 0.497 e. The minimum absolute atomic E-state index is 0.0199. The van der Waals surface area contributed by atoms with Gasteiger partial charge in [-0.1, -0.05) is 85.9 Å². The number of amides is 2. The van der Waals surface area contributed by atoms with E-state index in [4.69, 9.17) is 9.47 Å². The molecule has 1 fully saturated rings. The molecule has 0 saturated carbocycles. The van der Waals surface area contributed by atoms with Gasteiger partial charge in [0.2, 0.25) is 6.41 Å². The fraction of sp³-hybridized carbons (Fsp3) is 0.297. The second kappa shape index (κ2) is 12.3. The molecule has 7 nitrogen and oxygen atoms in total. The van der Waals surface area contributed by atoms with E-state index in [0.717, 1.165) is 34.7 Å². The molecule has 4 aromatic rings. The van der Waals surface area contributed by atoms with Gasteiger partial charge in [-0.05, 0) is 60.0 Å². The lowest BCUT2D eigenvalue weighted by atomic mass is 9.82. The number of rotatable bonds is 10. The maximum absolute atomic E-state index is 14.9. The first-order chi connectivity index (χ1) is 21.8. The smallest absolute Gasteiger partial charge is 0.264 e. The highest BCUT2D eigenvalue weighted by molar-refractivity contribution is 6.91. The molecule has 4 aromatic carbocycles. The van der Waals surface area contributed by atoms with E-state index >= 15 is 0 Å². The average Bonchev–Trinajstić information content (AvgIpc) is 3.49. The maximum Gasteiger partial charge on any atom is 0.264 e. The fourth-order valence-corrected chi connectivity index (χ4v) is 11.7. The zero-order valence-electron chi connectivity index (χ0n) is 26.2. The van der Waals surface area contributed by atoms with E-state index in [1.54, 1.807) is 12.0 Å². The molecule has 2 heterocycles. The highest BCUT2D eigenvalue weighted by atomic mass is 28.3. The predicted molar refractivity (Wildman–Crippen MR) is 180 cm³/mol. The third kappa shape index (κ3) is 5.16. The average molecular weight is 621 g/mol. The third-order valence-corrected chi connectivity index (χ3v) is 14.2. The van der Waals surface area contributed by atoms with Crippen molar-refractivity contribution in [2.45, 2.75) is 50.2 Å². The molecule has 0 radical (unpaired) electrons. The lowest BCUT2D eigenvalue weighted by molar-refractivity contribution is -0.146. The fourth-order valence-electron chi connectivity index (χ4n) is 7.63. The van der Waals surface area contributed by atoms with E-state index < -0.39 is 13.7 Å². The van der Waals surface area contributed by atoms with Crippen LogP contribution in [0.1, 0.15) is 24.5 Å². The maximum atomic E-state index is 14.9. The zero-order chi connectivity index (χ0) is 31.8. The van der Waals surface area contributed by atoms with Crippen molar-refractivity contribution in [2.75, 3.05) is 23.5 Å². The number of ether oxygens (including phenoxy) is 2. The SMILES string of the molecule is COc1ccc([Si](C)(C)[C@@H]2[C@@H](CCO)O[C@]3(C(=O)N(Cc4ccccc4)c4ccc(N(C=O)c5ccccc5)cc43)[C@H]2C)cc1. The van der Waals surface area contributed by atoms with Crippen molar-refractivity contribution < 1.29 is 24.2 Å². The standard InChI is InChI=1S/C37H40N2O5Si/c1-26-35(45(3,4)31-18-16-30(43-2)17-19-31)34(21-22-40)44-37(26)32-23-29(39(25-41)28-13-9-6-10-14-28)15-20-33(32)38(36(37)42)24-27-11-7-5-8-12-27/h5-20,23,25-26,34-35,40H,21-22,24H2,1-4H3/t26-,34+,35-,37+/m0/s1. The molecule has 2 amide bonds. The van der Waals surface area contributed by atoms with Crippen LogP contribution in [0.2, 0.25) is 18.6 Å². The van der Waals surface area contributed by atoms with E-state index in [1.165, 1.54) is 5.19 Å². The summed E-state index contributed by atoms with van der Waals surface area (Å²) < 4.78 is 12.5. The van der Waals surface area contributed by atoms with Gasteiger partial charge < -0.3 is 19.5 Å². The molecule has 0 aliphatic carbocycles. The number of anilines is 3. The molecule has 1 saturated heterocycles. The first kappa shape index (κ1) is 30.8. The van der Waals surface area contributed by atoms with Crippen molar-refractivity contribution in [1.82, 2.24) is 0 Å². The van der Waals surface area contributed by atoms with Gasteiger partial charge in [0.15, 0.2) is 5.60 Å². The Kier molecular flexibility index (Phi) is 8.39. The van der Waals surface area contributed by atoms with E-state index in [9.17, 15) is 14.7 Å². The van der Waals surface area contributed by atoms with E-state index in [2.05, 4.69) is 32.2 Å². The lowest BCUT2D eigenvalue weighted by Crippen LogP contribution is -2.51. The number of hydrogen-bond donors (Lipinski definition) is 1.